The molecule has 0 aliphatic carbocycles. The number of nitrogens with one attached hydrogen (secondary N) is 2. The van der Waals surface area contributed by atoms with Crippen LogP contribution in [0.5, 0.6) is 0 Å². The zero-order valence-corrected chi connectivity index (χ0v) is 17.5. The SMILES string of the molecule is CN=C(NCCc1ccc(Cl)nc1)NCc1nccc2ccccc12.I. The second-order valence-corrected chi connectivity index (χ2v) is 5.96. The van der Waals surface area contributed by atoms with E-state index in [0.717, 1.165) is 35.6 Å². The standard InChI is InChI=1S/C19H20ClN5.HI/c1-21-19(23-10-8-14-6-7-18(20)24-12-14)25-13-17-16-5-3-2-4-15(16)9-11-22-17;/h2-7,9,11-12H,8,10,13H2,1H3,(H2,21,23,25);1H. The van der Waals surface area contributed by atoms with Gasteiger partial charge in [0.15, 0.2) is 5.96 Å². The third-order valence-corrected chi connectivity index (χ3v) is 4.12. The monoisotopic (exact) mass is 481 g/mol. The van der Waals surface area contributed by atoms with Crippen molar-refractivity contribution in [1.82, 2.24) is 20.6 Å². The number of nitrogens with zero attached hydrogens (tertiary/aromatic N) is 3. The predicted molar refractivity (Wildman–Crippen MR) is 118 cm³/mol. The maximum absolute atomic E-state index is 5.80. The largest absolute Gasteiger partial charge is 0.356 e. The van der Waals surface area contributed by atoms with Crippen LogP contribution in [0.25, 0.3) is 10.8 Å². The van der Waals surface area contributed by atoms with Crippen LogP contribution in [0.4, 0.5) is 0 Å². The van der Waals surface area contributed by atoms with Crippen LogP contribution in [0.3, 0.4) is 0 Å². The van der Waals surface area contributed by atoms with Gasteiger partial charge in [0.2, 0.25) is 0 Å². The number of aliphatic imine (C=N–C) groups is 1. The molecule has 1 aromatic carbocycles. The van der Waals surface area contributed by atoms with E-state index in [1.165, 1.54) is 5.39 Å². The summed E-state index contributed by atoms with van der Waals surface area (Å²) in [5.41, 5.74) is 2.13. The molecule has 3 aromatic rings. The molecule has 0 atom stereocenters. The highest BCUT2D eigenvalue weighted by Crippen LogP contribution is 2.15. The van der Waals surface area contributed by atoms with Crippen molar-refractivity contribution in [3.8, 4) is 0 Å². The molecule has 0 aliphatic heterocycles. The van der Waals surface area contributed by atoms with E-state index in [-0.39, 0.29) is 24.0 Å². The van der Waals surface area contributed by atoms with Crippen molar-refractivity contribution >= 4 is 52.3 Å². The predicted octanol–water partition coefficient (Wildman–Crippen LogP) is 3.81. The van der Waals surface area contributed by atoms with Crippen molar-refractivity contribution in [1.29, 1.82) is 0 Å². The van der Waals surface area contributed by atoms with Crippen molar-refractivity contribution < 1.29 is 0 Å². The molecule has 0 saturated heterocycles. The fourth-order valence-corrected chi connectivity index (χ4v) is 2.70. The van der Waals surface area contributed by atoms with Gasteiger partial charge in [-0.3, -0.25) is 9.98 Å². The van der Waals surface area contributed by atoms with Gasteiger partial charge in [0.05, 0.1) is 12.2 Å². The van der Waals surface area contributed by atoms with Crippen LogP contribution < -0.4 is 10.6 Å². The molecular formula is C19H21ClIN5. The Morgan fingerprint density at radius 2 is 1.92 bits per heavy atom. The summed E-state index contributed by atoms with van der Waals surface area (Å²) >= 11 is 5.80. The molecule has 2 N–H and O–H groups in total. The van der Waals surface area contributed by atoms with Crippen LogP contribution in [-0.4, -0.2) is 29.5 Å². The lowest BCUT2D eigenvalue weighted by Crippen LogP contribution is -2.38. The van der Waals surface area contributed by atoms with E-state index in [2.05, 4.69) is 37.7 Å². The molecule has 0 bridgehead atoms. The molecule has 0 fully saturated rings. The Hall–Kier alpha value is -1.93. The average Bonchev–Trinajstić information content (AvgIpc) is 2.66. The summed E-state index contributed by atoms with van der Waals surface area (Å²) < 4.78 is 0. The van der Waals surface area contributed by atoms with Gasteiger partial charge in [-0.05, 0) is 29.5 Å². The maximum Gasteiger partial charge on any atom is 0.191 e. The molecule has 0 aliphatic rings. The molecular weight excluding hydrogens is 461 g/mol. The molecule has 2 heterocycles. The normalized spacial score (nSPS) is 11.1. The van der Waals surface area contributed by atoms with Crippen LogP contribution in [0, 0.1) is 0 Å². The second kappa shape index (κ2) is 10.3. The molecule has 136 valence electrons. The summed E-state index contributed by atoms with van der Waals surface area (Å²) in [7, 11) is 1.76. The molecule has 0 radical (unpaired) electrons. The van der Waals surface area contributed by atoms with E-state index in [0.29, 0.717) is 11.7 Å². The van der Waals surface area contributed by atoms with Crippen LogP contribution >= 0.6 is 35.6 Å². The Labute approximate surface area is 175 Å². The maximum atomic E-state index is 5.80. The second-order valence-electron chi connectivity index (χ2n) is 5.57. The first-order valence-electron chi connectivity index (χ1n) is 8.14. The summed E-state index contributed by atoms with van der Waals surface area (Å²) in [5, 5.41) is 9.47. The number of fused-ring (bicyclic) bond motifs is 1. The number of rotatable bonds is 5. The number of benzene rings is 1. The smallest absolute Gasteiger partial charge is 0.191 e. The van der Waals surface area contributed by atoms with Gasteiger partial charge < -0.3 is 10.6 Å². The lowest BCUT2D eigenvalue weighted by atomic mass is 10.1. The lowest BCUT2D eigenvalue weighted by Gasteiger charge is -2.12. The highest BCUT2D eigenvalue weighted by atomic mass is 127. The molecule has 26 heavy (non-hydrogen) atoms. The van der Waals surface area contributed by atoms with Crippen molar-refractivity contribution in [2.45, 2.75) is 13.0 Å². The van der Waals surface area contributed by atoms with Crippen molar-refractivity contribution in [2.75, 3.05) is 13.6 Å². The number of hydrogen-bond donors (Lipinski definition) is 2. The fourth-order valence-electron chi connectivity index (χ4n) is 2.59. The molecule has 0 amide bonds. The van der Waals surface area contributed by atoms with Crippen molar-refractivity contribution in [2.24, 2.45) is 4.99 Å². The summed E-state index contributed by atoms with van der Waals surface area (Å²) in [6.07, 6.45) is 4.47. The fraction of sp³-hybridized carbons (Fsp3) is 0.211. The van der Waals surface area contributed by atoms with Gasteiger partial charge in [0, 0.05) is 31.4 Å². The third-order valence-electron chi connectivity index (χ3n) is 3.90. The molecule has 2 aromatic heterocycles. The molecule has 0 unspecified atom stereocenters. The molecule has 7 heteroatoms. The molecule has 0 saturated carbocycles. The first-order chi connectivity index (χ1) is 12.3. The summed E-state index contributed by atoms with van der Waals surface area (Å²) in [4.78, 5) is 12.8. The lowest BCUT2D eigenvalue weighted by molar-refractivity contribution is 0.785. The average molecular weight is 482 g/mol. The summed E-state index contributed by atoms with van der Waals surface area (Å²) in [5.74, 6) is 0.747. The van der Waals surface area contributed by atoms with Gasteiger partial charge in [-0.15, -0.1) is 24.0 Å². The highest BCUT2D eigenvalue weighted by Gasteiger charge is 2.04. The highest BCUT2D eigenvalue weighted by molar-refractivity contribution is 14.0. The molecule has 0 spiro atoms. The number of pyridine rings is 2. The van der Waals surface area contributed by atoms with Crippen LogP contribution in [0.2, 0.25) is 5.15 Å². The van der Waals surface area contributed by atoms with E-state index in [1.54, 1.807) is 19.3 Å². The Morgan fingerprint density at radius 3 is 2.69 bits per heavy atom. The topological polar surface area (TPSA) is 62.2 Å². The summed E-state index contributed by atoms with van der Waals surface area (Å²) in [6, 6.07) is 14.0. The quantitative estimate of drug-likeness (QED) is 0.252. The minimum atomic E-state index is 0. The summed E-state index contributed by atoms with van der Waals surface area (Å²) in [6.45, 7) is 1.37. The van der Waals surface area contributed by atoms with E-state index < -0.39 is 0 Å². The van der Waals surface area contributed by atoms with Crippen LogP contribution in [0.15, 0.2) is 59.9 Å². The minimum absolute atomic E-state index is 0. The van der Waals surface area contributed by atoms with Crippen LogP contribution in [-0.2, 0) is 13.0 Å². The zero-order chi connectivity index (χ0) is 17.5. The molecule has 3 rings (SSSR count). The van der Waals surface area contributed by atoms with E-state index in [4.69, 9.17) is 11.6 Å². The number of aromatic nitrogens is 2. The molecule has 5 nitrogen and oxygen atoms in total. The Balaban J connectivity index is 0.00000243. The van der Waals surface area contributed by atoms with Crippen molar-refractivity contribution in [3.63, 3.8) is 0 Å². The van der Waals surface area contributed by atoms with Crippen LogP contribution in [0.1, 0.15) is 11.3 Å². The van der Waals surface area contributed by atoms with Gasteiger partial charge in [-0.25, -0.2) is 4.98 Å². The van der Waals surface area contributed by atoms with Crippen molar-refractivity contribution in [3.05, 3.63) is 71.3 Å². The minimum Gasteiger partial charge on any atom is -0.356 e. The van der Waals surface area contributed by atoms with Gasteiger partial charge >= 0.3 is 0 Å². The Morgan fingerprint density at radius 1 is 1.08 bits per heavy atom. The van der Waals surface area contributed by atoms with E-state index in [9.17, 15) is 0 Å². The first kappa shape index (κ1) is 20.4. The van der Waals surface area contributed by atoms with Gasteiger partial charge in [-0.1, -0.05) is 41.9 Å². The van der Waals surface area contributed by atoms with E-state index in [1.807, 2.05) is 30.5 Å². The third kappa shape index (κ3) is 5.54. The first-order valence-corrected chi connectivity index (χ1v) is 8.51. The van der Waals surface area contributed by atoms with E-state index >= 15 is 0 Å². The Kier molecular flexibility index (Phi) is 8.06. The number of guanidine groups is 1. The number of hydrogen-bond acceptors (Lipinski definition) is 3. The van der Waals surface area contributed by atoms with Gasteiger partial charge in [0.25, 0.3) is 0 Å². The Bertz CT molecular complexity index is 862. The number of halogens is 2. The zero-order valence-electron chi connectivity index (χ0n) is 14.4. The van der Waals surface area contributed by atoms with Gasteiger partial charge in [-0.2, -0.15) is 0 Å². The van der Waals surface area contributed by atoms with Gasteiger partial charge in [0.1, 0.15) is 5.15 Å².